The molecule has 4 nitrogen and oxygen atoms in total. The Labute approximate surface area is 329 Å². The van der Waals surface area contributed by atoms with Crippen molar-refractivity contribution in [3.63, 3.8) is 0 Å². The molecule has 0 aliphatic rings. The van der Waals surface area contributed by atoms with E-state index in [1.165, 1.54) is 25.9 Å². The zero-order chi connectivity index (χ0) is 37.3. The fraction of sp³-hybridized carbons (Fsp3) is 0. The van der Waals surface area contributed by atoms with Gasteiger partial charge in [0.05, 0.1) is 0 Å². The van der Waals surface area contributed by atoms with Gasteiger partial charge in [-0.25, -0.2) is 15.0 Å². The van der Waals surface area contributed by atoms with E-state index in [4.69, 9.17) is 15.0 Å². The quantitative estimate of drug-likeness (QED) is 0.156. The molecule has 2 aromatic heterocycles. The summed E-state index contributed by atoms with van der Waals surface area (Å²) in [6.45, 7) is 0. The van der Waals surface area contributed by atoms with Gasteiger partial charge >= 0.3 is 0 Å². The lowest BCUT2D eigenvalue weighted by Crippen LogP contribution is -2.10. The summed E-state index contributed by atoms with van der Waals surface area (Å²) < 4.78 is 2.37. The van der Waals surface area contributed by atoms with E-state index in [0.717, 1.165) is 50.3 Å². The van der Waals surface area contributed by atoms with Gasteiger partial charge in [-0.15, -0.1) is 11.3 Å². The van der Waals surface area contributed by atoms with Gasteiger partial charge in [0.25, 0.3) is 0 Å². The van der Waals surface area contributed by atoms with Crippen molar-refractivity contribution in [1.82, 2.24) is 15.0 Å². The van der Waals surface area contributed by atoms with Crippen LogP contribution in [0.5, 0.6) is 0 Å². The average molecular weight is 735 g/mol. The van der Waals surface area contributed by atoms with Crippen LogP contribution >= 0.6 is 11.3 Å². The Morgan fingerprint density at radius 1 is 0.321 bits per heavy atom. The Kier molecular flexibility index (Phi) is 8.67. The highest BCUT2D eigenvalue weighted by Crippen LogP contribution is 2.45. The standard InChI is InChI=1S/C51H34N4S/c1-6-17-35(18-7-1)39-31-40(36-19-8-2-9-20-36)33-43(32-39)55(41-25-14-5-15-26-41)42-29-30-44-47(34-42)56-46-28-16-27-45(48(44)46)51-53-49(37-21-10-3-11-22-37)52-50(54-51)38-23-12-4-13-24-38/h1-34H. The van der Waals surface area contributed by atoms with Crippen molar-refractivity contribution in [2.75, 3.05) is 4.90 Å². The van der Waals surface area contributed by atoms with Crippen LogP contribution in [0.4, 0.5) is 17.1 Å². The molecule has 10 rings (SSSR count). The van der Waals surface area contributed by atoms with E-state index in [1.807, 2.05) is 60.7 Å². The molecule has 0 aliphatic carbocycles. The van der Waals surface area contributed by atoms with E-state index in [-0.39, 0.29) is 0 Å². The molecule has 10 aromatic rings. The largest absolute Gasteiger partial charge is 0.310 e. The number of anilines is 3. The third-order valence-corrected chi connectivity index (χ3v) is 11.2. The Balaban J connectivity index is 1.15. The highest BCUT2D eigenvalue weighted by atomic mass is 32.1. The third-order valence-electron chi connectivity index (χ3n) is 10.1. The van der Waals surface area contributed by atoms with Crippen LogP contribution in [-0.2, 0) is 0 Å². The minimum absolute atomic E-state index is 0.652. The Morgan fingerprint density at radius 2 is 0.821 bits per heavy atom. The van der Waals surface area contributed by atoms with Crippen molar-refractivity contribution in [2.24, 2.45) is 0 Å². The molecule has 0 saturated heterocycles. The van der Waals surface area contributed by atoms with Gasteiger partial charge in [0.15, 0.2) is 17.5 Å². The van der Waals surface area contributed by atoms with E-state index < -0.39 is 0 Å². The Bertz CT molecular complexity index is 2830. The average Bonchev–Trinajstić information content (AvgIpc) is 3.66. The first-order chi connectivity index (χ1) is 27.7. The number of benzene rings is 8. The number of hydrogen-bond acceptors (Lipinski definition) is 5. The zero-order valence-electron chi connectivity index (χ0n) is 30.3. The van der Waals surface area contributed by atoms with Gasteiger partial charge in [-0.3, -0.25) is 0 Å². The lowest BCUT2D eigenvalue weighted by molar-refractivity contribution is 1.08. The maximum Gasteiger partial charge on any atom is 0.164 e. The maximum absolute atomic E-state index is 5.10. The second-order valence-corrected chi connectivity index (χ2v) is 14.8. The minimum Gasteiger partial charge on any atom is -0.310 e. The molecule has 0 amide bonds. The highest BCUT2D eigenvalue weighted by molar-refractivity contribution is 7.26. The smallest absolute Gasteiger partial charge is 0.164 e. The van der Waals surface area contributed by atoms with Gasteiger partial charge in [-0.1, -0.05) is 158 Å². The van der Waals surface area contributed by atoms with Crippen molar-refractivity contribution >= 4 is 48.6 Å². The molecule has 2 heterocycles. The first kappa shape index (κ1) is 33.4. The van der Waals surface area contributed by atoms with Gasteiger partial charge < -0.3 is 4.90 Å². The molecule has 0 spiro atoms. The SMILES string of the molecule is c1ccc(-c2cc(-c3ccccc3)cc(N(c3ccccc3)c3ccc4c(c3)sc3cccc(-c5nc(-c6ccccc6)nc(-c6ccccc6)n5)c34)c2)cc1. The van der Waals surface area contributed by atoms with Crippen LogP contribution in [0.1, 0.15) is 0 Å². The lowest BCUT2D eigenvalue weighted by atomic mass is 9.97. The maximum atomic E-state index is 5.10. The molecule has 5 heteroatoms. The molecule has 0 fully saturated rings. The van der Waals surface area contributed by atoms with Gasteiger partial charge in [0.1, 0.15) is 0 Å². The fourth-order valence-electron chi connectivity index (χ4n) is 7.43. The Hall–Kier alpha value is -7.21. The molecule has 0 saturated carbocycles. The molecule has 264 valence electrons. The molecule has 0 radical (unpaired) electrons. The number of thiophene rings is 1. The van der Waals surface area contributed by atoms with Crippen LogP contribution in [0, 0.1) is 0 Å². The molecule has 0 atom stereocenters. The summed E-state index contributed by atoms with van der Waals surface area (Å²) in [4.78, 5) is 17.5. The number of fused-ring (bicyclic) bond motifs is 3. The van der Waals surface area contributed by atoms with E-state index in [0.29, 0.717) is 17.5 Å². The monoisotopic (exact) mass is 734 g/mol. The van der Waals surface area contributed by atoms with Crippen molar-refractivity contribution in [1.29, 1.82) is 0 Å². The summed E-state index contributed by atoms with van der Waals surface area (Å²) in [5, 5.41) is 2.32. The fourth-order valence-corrected chi connectivity index (χ4v) is 8.59. The van der Waals surface area contributed by atoms with E-state index in [9.17, 15) is 0 Å². The van der Waals surface area contributed by atoms with Gasteiger partial charge in [-0.05, 0) is 70.8 Å². The van der Waals surface area contributed by atoms with Crippen LogP contribution < -0.4 is 4.90 Å². The van der Waals surface area contributed by atoms with Crippen LogP contribution in [0.3, 0.4) is 0 Å². The molecule has 8 aromatic carbocycles. The number of para-hydroxylation sites is 1. The van der Waals surface area contributed by atoms with E-state index in [2.05, 4.69) is 150 Å². The van der Waals surface area contributed by atoms with E-state index in [1.54, 1.807) is 11.3 Å². The summed E-state index contributed by atoms with van der Waals surface area (Å²) in [7, 11) is 0. The molecule has 0 bridgehead atoms. The lowest BCUT2D eigenvalue weighted by Gasteiger charge is -2.27. The van der Waals surface area contributed by atoms with Crippen molar-refractivity contribution in [3.05, 3.63) is 206 Å². The zero-order valence-corrected chi connectivity index (χ0v) is 31.1. The highest BCUT2D eigenvalue weighted by Gasteiger charge is 2.20. The second-order valence-electron chi connectivity index (χ2n) is 13.7. The summed E-state index contributed by atoms with van der Waals surface area (Å²) >= 11 is 1.80. The summed E-state index contributed by atoms with van der Waals surface area (Å²) in [6.07, 6.45) is 0. The number of aromatic nitrogens is 3. The molecule has 0 N–H and O–H groups in total. The molecular weight excluding hydrogens is 701 g/mol. The molecule has 0 unspecified atom stereocenters. The van der Waals surface area contributed by atoms with Crippen molar-refractivity contribution < 1.29 is 0 Å². The van der Waals surface area contributed by atoms with Crippen LogP contribution in [0.2, 0.25) is 0 Å². The van der Waals surface area contributed by atoms with Gasteiger partial charge in [0.2, 0.25) is 0 Å². The first-order valence-corrected chi connectivity index (χ1v) is 19.5. The van der Waals surface area contributed by atoms with Crippen molar-refractivity contribution in [3.8, 4) is 56.4 Å². The minimum atomic E-state index is 0.652. The summed E-state index contributed by atoms with van der Waals surface area (Å²) in [5.41, 5.74) is 10.8. The van der Waals surface area contributed by atoms with Crippen LogP contribution in [0.15, 0.2) is 206 Å². The predicted octanol–water partition coefficient (Wildman–Crippen LogP) is 14.0. The number of nitrogens with zero attached hydrogens (tertiary/aromatic N) is 4. The topological polar surface area (TPSA) is 41.9 Å². The van der Waals surface area contributed by atoms with Crippen molar-refractivity contribution in [2.45, 2.75) is 0 Å². The number of rotatable bonds is 8. The summed E-state index contributed by atoms with van der Waals surface area (Å²) in [6, 6.07) is 72.4. The van der Waals surface area contributed by atoms with E-state index >= 15 is 0 Å². The first-order valence-electron chi connectivity index (χ1n) is 18.7. The normalized spacial score (nSPS) is 11.2. The summed E-state index contributed by atoms with van der Waals surface area (Å²) in [5.74, 6) is 1.96. The number of hydrogen-bond donors (Lipinski definition) is 0. The molecule has 0 aliphatic heterocycles. The van der Waals surface area contributed by atoms with Crippen LogP contribution in [-0.4, -0.2) is 15.0 Å². The van der Waals surface area contributed by atoms with Crippen LogP contribution in [0.25, 0.3) is 76.6 Å². The second kappa shape index (κ2) is 14.6. The molecular formula is C51H34N4S. The Morgan fingerprint density at radius 3 is 1.38 bits per heavy atom. The predicted molar refractivity (Wildman–Crippen MR) is 235 cm³/mol. The van der Waals surface area contributed by atoms with Gasteiger partial charge in [0, 0.05) is 53.9 Å². The third kappa shape index (κ3) is 6.40. The molecule has 56 heavy (non-hydrogen) atoms. The van der Waals surface area contributed by atoms with Gasteiger partial charge in [-0.2, -0.15) is 0 Å².